The number of sulfonamides is 1. The second-order valence-electron chi connectivity index (χ2n) is 12.6. The van der Waals surface area contributed by atoms with Crippen LogP contribution >= 0.6 is 23.2 Å². The van der Waals surface area contributed by atoms with Gasteiger partial charge in [0.1, 0.15) is 18.3 Å². The highest BCUT2D eigenvalue weighted by atomic mass is 35.5. The van der Waals surface area contributed by atoms with Crippen molar-refractivity contribution in [2.45, 2.75) is 75.9 Å². The van der Waals surface area contributed by atoms with E-state index >= 15 is 0 Å². The molecule has 0 aromatic heterocycles. The molecule has 1 aliphatic rings. The number of halogens is 2. The SMILES string of the molecule is CCOc1ccc(N(CC(=O)N(Cc2ccc(Cl)c(Cl)c2)[C@H](Cc2ccccc2)C(=O)NC2CCCCC2)S(=O)(=O)c2ccc(C)cc2)cc1. The van der Waals surface area contributed by atoms with E-state index in [4.69, 9.17) is 27.9 Å². The summed E-state index contributed by atoms with van der Waals surface area (Å²) in [6.45, 7) is 3.61. The van der Waals surface area contributed by atoms with Crippen LogP contribution in [-0.2, 0) is 32.6 Å². The Morgan fingerprint density at radius 3 is 2.18 bits per heavy atom. The van der Waals surface area contributed by atoms with Crippen LogP contribution in [0.25, 0.3) is 0 Å². The second-order valence-corrected chi connectivity index (χ2v) is 15.2. The zero-order chi connectivity index (χ0) is 35.7. The van der Waals surface area contributed by atoms with Crippen molar-refractivity contribution in [2.24, 2.45) is 0 Å². The molecular weight excluding hydrogens is 693 g/mol. The quantitative estimate of drug-likeness (QED) is 0.142. The number of benzene rings is 4. The Morgan fingerprint density at radius 1 is 0.860 bits per heavy atom. The standard InChI is InChI=1S/C39H43Cl2N3O5S/c1-3-49-33-19-17-32(18-20-33)44(50(47,48)34-21-14-28(2)15-22-34)27-38(45)43(26-30-16-23-35(40)36(41)24-30)37(25-29-10-6-4-7-11-29)39(46)42-31-12-8-5-9-13-31/h4,6-7,10-11,14-24,31,37H,3,5,8-9,12-13,25-27H2,1-2H3,(H,42,46)/t37-/m1/s1. The fourth-order valence-electron chi connectivity index (χ4n) is 6.17. The maximum absolute atomic E-state index is 14.8. The molecule has 1 saturated carbocycles. The summed E-state index contributed by atoms with van der Waals surface area (Å²) in [5.41, 5.74) is 2.68. The lowest BCUT2D eigenvalue weighted by atomic mass is 9.94. The topological polar surface area (TPSA) is 96.0 Å². The molecule has 0 aliphatic heterocycles. The van der Waals surface area contributed by atoms with Crippen molar-refractivity contribution in [1.82, 2.24) is 10.2 Å². The molecule has 1 atom stereocenters. The Hall–Kier alpha value is -4.05. The molecule has 0 bridgehead atoms. The Bertz CT molecular complexity index is 1850. The van der Waals surface area contributed by atoms with Crippen molar-refractivity contribution >= 4 is 50.7 Å². The smallest absolute Gasteiger partial charge is 0.264 e. The van der Waals surface area contributed by atoms with Gasteiger partial charge in [-0.1, -0.05) is 96.6 Å². The van der Waals surface area contributed by atoms with Gasteiger partial charge in [-0.2, -0.15) is 0 Å². The van der Waals surface area contributed by atoms with E-state index < -0.39 is 28.5 Å². The third-order valence-electron chi connectivity index (χ3n) is 8.88. The first-order valence-electron chi connectivity index (χ1n) is 16.9. The molecule has 264 valence electrons. The van der Waals surface area contributed by atoms with E-state index in [1.54, 1.807) is 54.6 Å². The molecule has 2 amide bonds. The predicted molar refractivity (Wildman–Crippen MR) is 199 cm³/mol. The monoisotopic (exact) mass is 735 g/mol. The lowest BCUT2D eigenvalue weighted by Gasteiger charge is -2.35. The van der Waals surface area contributed by atoms with Crippen molar-refractivity contribution in [1.29, 1.82) is 0 Å². The third-order valence-corrected chi connectivity index (χ3v) is 11.4. The molecule has 4 aromatic rings. The number of aryl methyl sites for hydroxylation is 1. The zero-order valence-electron chi connectivity index (χ0n) is 28.4. The van der Waals surface area contributed by atoms with Crippen molar-refractivity contribution in [2.75, 3.05) is 17.5 Å². The third kappa shape index (κ3) is 9.59. The molecule has 50 heavy (non-hydrogen) atoms. The molecule has 1 fully saturated rings. The number of nitrogens with one attached hydrogen (secondary N) is 1. The van der Waals surface area contributed by atoms with Gasteiger partial charge in [-0.25, -0.2) is 8.42 Å². The minimum Gasteiger partial charge on any atom is -0.494 e. The first-order valence-corrected chi connectivity index (χ1v) is 19.1. The molecule has 11 heteroatoms. The van der Waals surface area contributed by atoms with Gasteiger partial charge in [-0.15, -0.1) is 0 Å². The molecule has 0 spiro atoms. The lowest BCUT2D eigenvalue weighted by Crippen LogP contribution is -2.55. The zero-order valence-corrected chi connectivity index (χ0v) is 30.7. The summed E-state index contributed by atoms with van der Waals surface area (Å²) in [5.74, 6) is -0.276. The minimum atomic E-state index is -4.23. The maximum Gasteiger partial charge on any atom is 0.264 e. The Kier molecular flexibility index (Phi) is 12.8. The van der Waals surface area contributed by atoms with Gasteiger partial charge in [0, 0.05) is 19.0 Å². The molecule has 4 aromatic carbocycles. The maximum atomic E-state index is 14.8. The molecular formula is C39H43Cl2N3O5S. The number of carbonyl (C=O) groups is 2. The van der Waals surface area contributed by atoms with Gasteiger partial charge in [0.2, 0.25) is 11.8 Å². The van der Waals surface area contributed by atoms with Gasteiger partial charge in [0.25, 0.3) is 10.0 Å². The molecule has 1 aliphatic carbocycles. The fraction of sp³-hybridized carbons (Fsp3) is 0.333. The molecule has 1 N–H and O–H groups in total. The summed E-state index contributed by atoms with van der Waals surface area (Å²) in [6, 6.07) is 26.7. The Morgan fingerprint density at radius 2 is 1.54 bits per heavy atom. The summed E-state index contributed by atoms with van der Waals surface area (Å²) in [6.07, 6.45) is 5.12. The van der Waals surface area contributed by atoms with Gasteiger partial charge >= 0.3 is 0 Å². The van der Waals surface area contributed by atoms with E-state index in [0.717, 1.165) is 47.5 Å². The number of nitrogens with zero attached hydrogens (tertiary/aromatic N) is 2. The van der Waals surface area contributed by atoms with Crippen LogP contribution in [0.2, 0.25) is 10.0 Å². The molecule has 0 unspecified atom stereocenters. The van der Waals surface area contributed by atoms with Gasteiger partial charge in [-0.05, 0) is 86.3 Å². The van der Waals surface area contributed by atoms with E-state index in [9.17, 15) is 18.0 Å². The van der Waals surface area contributed by atoms with Gasteiger partial charge in [0.05, 0.1) is 27.2 Å². The van der Waals surface area contributed by atoms with Gasteiger partial charge in [-0.3, -0.25) is 13.9 Å². The molecule has 0 radical (unpaired) electrons. The van der Waals surface area contributed by atoms with E-state index in [1.165, 1.54) is 17.0 Å². The van der Waals surface area contributed by atoms with Crippen LogP contribution in [-0.4, -0.2) is 50.4 Å². The van der Waals surface area contributed by atoms with E-state index in [0.29, 0.717) is 28.0 Å². The minimum absolute atomic E-state index is 0.00119. The van der Waals surface area contributed by atoms with Crippen molar-refractivity contribution in [3.05, 3.63) is 124 Å². The van der Waals surface area contributed by atoms with Crippen LogP contribution in [0, 0.1) is 6.92 Å². The summed E-state index contributed by atoms with van der Waals surface area (Å²) in [5, 5.41) is 3.88. The number of anilines is 1. The summed E-state index contributed by atoms with van der Waals surface area (Å²) in [4.78, 5) is 30.6. The van der Waals surface area contributed by atoms with Crippen LogP contribution in [0.5, 0.6) is 5.75 Å². The normalized spacial score (nSPS) is 14.1. The highest BCUT2D eigenvalue weighted by molar-refractivity contribution is 7.92. The predicted octanol–water partition coefficient (Wildman–Crippen LogP) is 7.98. The van der Waals surface area contributed by atoms with Gasteiger partial charge < -0.3 is 15.0 Å². The Balaban J connectivity index is 1.57. The van der Waals surface area contributed by atoms with Crippen LogP contribution in [0.1, 0.15) is 55.7 Å². The summed E-state index contributed by atoms with van der Waals surface area (Å²) < 4.78 is 35.3. The first kappa shape index (κ1) is 37.2. The fourth-order valence-corrected chi connectivity index (χ4v) is 7.91. The number of amides is 2. The van der Waals surface area contributed by atoms with Crippen molar-refractivity contribution in [3.8, 4) is 5.75 Å². The number of hydrogen-bond donors (Lipinski definition) is 1. The van der Waals surface area contributed by atoms with Crippen LogP contribution < -0.4 is 14.4 Å². The number of hydrogen-bond acceptors (Lipinski definition) is 5. The van der Waals surface area contributed by atoms with E-state index in [1.807, 2.05) is 44.2 Å². The van der Waals surface area contributed by atoms with Crippen LogP contribution in [0.3, 0.4) is 0 Å². The molecule has 8 nitrogen and oxygen atoms in total. The summed E-state index contributed by atoms with van der Waals surface area (Å²) in [7, 11) is -4.23. The molecule has 5 rings (SSSR count). The second kappa shape index (κ2) is 17.2. The number of rotatable bonds is 14. The first-order chi connectivity index (χ1) is 24.0. The Labute approximate surface area is 305 Å². The highest BCUT2D eigenvalue weighted by Gasteiger charge is 2.35. The number of ether oxygens (including phenoxy) is 1. The van der Waals surface area contributed by atoms with Gasteiger partial charge in [0.15, 0.2) is 0 Å². The van der Waals surface area contributed by atoms with Crippen LogP contribution in [0.15, 0.2) is 102 Å². The van der Waals surface area contributed by atoms with Crippen molar-refractivity contribution < 1.29 is 22.7 Å². The highest BCUT2D eigenvalue weighted by Crippen LogP contribution is 2.29. The summed E-state index contributed by atoms with van der Waals surface area (Å²) >= 11 is 12.6. The van der Waals surface area contributed by atoms with Crippen LogP contribution in [0.4, 0.5) is 5.69 Å². The average Bonchev–Trinajstić information content (AvgIpc) is 3.11. The molecule has 0 saturated heterocycles. The molecule has 0 heterocycles. The van der Waals surface area contributed by atoms with E-state index in [2.05, 4.69) is 5.32 Å². The number of carbonyl (C=O) groups excluding carboxylic acids is 2. The average molecular weight is 737 g/mol. The van der Waals surface area contributed by atoms with Crippen molar-refractivity contribution in [3.63, 3.8) is 0 Å². The lowest BCUT2D eigenvalue weighted by molar-refractivity contribution is -0.140. The van der Waals surface area contributed by atoms with E-state index in [-0.39, 0.29) is 35.5 Å². The largest absolute Gasteiger partial charge is 0.494 e.